The zero-order valence-corrected chi connectivity index (χ0v) is 22.2. The summed E-state index contributed by atoms with van der Waals surface area (Å²) < 4.78 is 0. The summed E-state index contributed by atoms with van der Waals surface area (Å²) >= 11 is 0. The van der Waals surface area contributed by atoms with E-state index in [4.69, 9.17) is 0 Å². The molecule has 0 saturated heterocycles. The molecule has 0 N–H and O–H groups in total. The number of nitrogens with zero attached hydrogens (tertiary/aromatic N) is 2. The van der Waals surface area contributed by atoms with Crippen molar-refractivity contribution in [1.82, 2.24) is 4.90 Å². The van der Waals surface area contributed by atoms with Gasteiger partial charge in [0.15, 0.2) is 0 Å². The lowest BCUT2D eigenvalue weighted by Gasteiger charge is -2.33. The summed E-state index contributed by atoms with van der Waals surface area (Å²) in [5, 5.41) is 0. The van der Waals surface area contributed by atoms with E-state index in [1.807, 2.05) is 0 Å². The Balaban J connectivity index is 1.66. The van der Waals surface area contributed by atoms with Crippen LogP contribution in [0.25, 0.3) is 0 Å². The Morgan fingerprint density at radius 3 is 1.58 bits per heavy atom. The first kappa shape index (κ1) is 27.8. The van der Waals surface area contributed by atoms with Crippen LogP contribution in [0.5, 0.6) is 0 Å². The minimum atomic E-state index is 0.506. The van der Waals surface area contributed by atoms with Crippen LogP contribution in [-0.4, -0.2) is 17.6 Å². The summed E-state index contributed by atoms with van der Waals surface area (Å²) in [6.07, 6.45) is 31.7. The molecule has 0 fully saturated rings. The highest BCUT2D eigenvalue weighted by Crippen LogP contribution is 2.28. The molecule has 1 atom stereocenters. The molecule has 33 heavy (non-hydrogen) atoms. The van der Waals surface area contributed by atoms with Gasteiger partial charge in [0.1, 0.15) is 6.17 Å². The number of para-hydroxylation sites is 1. The third-order valence-electron chi connectivity index (χ3n) is 7.26. The molecule has 0 saturated carbocycles. The standard InChI is InChI=1S/C31H54N2/c1-3-5-7-9-11-13-14-16-18-23-27-32-28-29-33(30-24-20-19-21-25-30)31(32)26-22-17-15-12-10-8-6-4-2/h19-21,24-25,28-29,31H,3-18,22-23,26-27H2,1-2H3. The zero-order chi connectivity index (χ0) is 23.4. The number of rotatable bonds is 21. The second-order valence-corrected chi connectivity index (χ2v) is 10.2. The van der Waals surface area contributed by atoms with Gasteiger partial charge in [-0.3, -0.25) is 0 Å². The van der Waals surface area contributed by atoms with Crippen molar-refractivity contribution in [2.75, 3.05) is 11.4 Å². The Labute approximate surface area is 206 Å². The average Bonchev–Trinajstić information content (AvgIpc) is 3.25. The molecule has 1 aliphatic heterocycles. The van der Waals surface area contributed by atoms with Crippen LogP contribution in [0.4, 0.5) is 5.69 Å². The maximum Gasteiger partial charge on any atom is 0.105 e. The van der Waals surface area contributed by atoms with Crippen LogP contribution < -0.4 is 4.90 Å². The van der Waals surface area contributed by atoms with E-state index in [1.54, 1.807) is 0 Å². The molecule has 2 nitrogen and oxygen atoms in total. The lowest BCUT2D eigenvalue weighted by Crippen LogP contribution is -2.39. The maximum absolute atomic E-state index is 2.62. The van der Waals surface area contributed by atoms with Gasteiger partial charge in [0.05, 0.1) is 0 Å². The second-order valence-electron chi connectivity index (χ2n) is 10.2. The minimum Gasteiger partial charge on any atom is -0.356 e. The highest BCUT2D eigenvalue weighted by molar-refractivity contribution is 5.51. The van der Waals surface area contributed by atoms with Crippen LogP contribution in [0.1, 0.15) is 136 Å². The normalized spacial score (nSPS) is 15.6. The van der Waals surface area contributed by atoms with Gasteiger partial charge in [-0.05, 0) is 31.4 Å². The van der Waals surface area contributed by atoms with Crippen molar-refractivity contribution in [3.05, 3.63) is 42.7 Å². The number of benzene rings is 1. The fraction of sp³-hybridized carbons (Fsp3) is 0.742. The van der Waals surface area contributed by atoms with E-state index in [0.717, 1.165) is 0 Å². The number of hydrogen-bond donors (Lipinski definition) is 0. The molecular weight excluding hydrogens is 400 g/mol. The Morgan fingerprint density at radius 2 is 1.03 bits per heavy atom. The molecule has 0 bridgehead atoms. The Bertz CT molecular complexity index is 582. The van der Waals surface area contributed by atoms with E-state index >= 15 is 0 Å². The largest absolute Gasteiger partial charge is 0.356 e. The molecule has 0 amide bonds. The first-order valence-corrected chi connectivity index (χ1v) is 14.6. The third-order valence-corrected chi connectivity index (χ3v) is 7.26. The van der Waals surface area contributed by atoms with Crippen molar-refractivity contribution < 1.29 is 0 Å². The number of unbranched alkanes of at least 4 members (excludes halogenated alkanes) is 16. The Hall–Kier alpha value is -1.44. The highest BCUT2D eigenvalue weighted by atomic mass is 15.4. The van der Waals surface area contributed by atoms with E-state index < -0.39 is 0 Å². The third kappa shape index (κ3) is 12.0. The monoisotopic (exact) mass is 454 g/mol. The van der Waals surface area contributed by atoms with E-state index in [9.17, 15) is 0 Å². The van der Waals surface area contributed by atoms with Crippen molar-refractivity contribution >= 4 is 5.69 Å². The van der Waals surface area contributed by atoms with Crippen LogP contribution in [-0.2, 0) is 0 Å². The molecule has 1 aliphatic rings. The smallest absolute Gasteiger partial charge is 0.105 e. The van der Waals surface area contributed by atoms with Crippen LogP contribution >= 0.6 is 0 Å². The molecule has 1 aromatic carbocycles. The SMILES string of the molecule is CCCCCCCCCCCCN1C=CN(c2ccccc2)C1CCCCCCCCCC. The van der Waals surface area contributed by atoms with E-state index in [-0.39, 0.29) is 0 Å². The molecule has 0 radical (unpaired) electrons. The summed E-state index contributed by atoms with van der Waals surface area (Å²) in [6, 6.07) is 11.0. The van der Waals surface area contributed by atoms with Crippen molar-refractivity contribution in [2.24, 2.45) is 0 Å². The average molecular weight is 455 g/mol. The predicted octanol–water partition coefficient (Wildman–Crippen LogP) is 10.1. The molecule has 1 unspecified atom stereocenters. The first-order valence-electron chi connectivity index (χ1n) is 14.6. The summed E-state index contributed by atoms with van der Waals surface area (Å²) in [5.74, 6) is 0. The summed E-state index contributed by atoms with van der Waals surface area (Å²) in [5.41, 5.74) is 1.34. The van der Waals surface area contributed by atoms with Gasteiger partial charge in [0.25, 0.3) is 0 Å². The zero-order valence-electron chi connectivity index (χ0n) is 22.2. The molecule has 0 aliphatic carbocycles. The van der Waals surface area contributed by atoms with Crippen molar-refractivity contribution in [3.63, 3.8) is 0 Å². The minimum absolute atomic E-state index is 0.506. The van der Waals surface area contributed by atoms with Gasteiger partial charge in [-0.2, -0.15) is 0 Å². The Kier molecular flexibility index (Phi) is 15.9. The molecule has 0 spiro atoms. The fourth-order valence-electron chi connectivity index (χ4n) is 5.15. The van der Waals surface area contributed by atoms with Crippen LogP contribution in [0.15, 0.2) is 42.7 Å². The fourth-order valence-corrected chi connectivity index (χ4v) is 5.15. The van der Waals surface area contributed by atoms with Crippen LogP contribution in [0.3, 0.4) is 0 Å². The molecule has 188 valence electrons. The number of anilines is 1. The second kappa shape index (κ2) is 18.9. The van der Waals surface area contributed by atoms with E-state index in [1.165, 1.54) is 134 Å². The predicted molar refractivity (Wildman–Crippen MR) is 148 cm³/mol. The molecule has 2 heteroatoms. The first-order chi connectivity index (χ1) is 16.4. The van der Waals surface area contributed by atoms with E-state index in [0.29, 0.717) is 6.17 Å². The van der Waals surface area contributed by atoms with Gasteiger partial charge in [0.2, 0.25) is 0 Å². The van der Waals surface area contributed by atoms with Gasteiger partial charge in [-0.1, -0.05) is 135 Å². The molecule has 2 rings (SSSR count). The van der Waals surface area contributed by atoms with Gasteiger partial charge in [0, 0.05) is 24.6 Å². The van der Waals surface area contributed by atoms with Gasteiger partial charge in [-0.25, -0.2) is 0 Å². The topological polar surface area (TPSA) is 6.48 Å². The Morgan fingerprint density at radius 1 is 0.545 bits per heavy atom. The molecule has 0 aromatic heterocycles. The quantitative estimate of drug-likeness (QED) is 0.170. The lowest BCUT2D eigenvalue weighted by atomic mass is 10.1. The van der Waals surface area contributed by atoms with Crippen molar-refractivity contribution in [1.29, 1.82) is 0 Å². The molecule has 1 aromatic rings. The van der Waals surface area contributed by atoms with Crippen molar-refractivity contribution in [3.8, 4) is 0 Å². The highest BCUT2D eigenvalue weighted by Gasteiger charge is 2.26. The van der Waals surface area contributed by atoms with Crippen molar-refractivity contribution in [2.45, 2.75) is 142 Å². The molecule has 1 heterocycles. The lowest BCUT2D eigenvalue weighted by molar-refractivity contribution is 0.273. The van der Waals surface area contributed by atoms with Crippen LogP contribution in [0.2, 0.25) is 0 Å². The summed E-state index contributed by atoms with van der Waals surface area (Å²) in [4.78, 5) is 5.14. The van der Waals surface area contributed by atoms with E-state index in [2.05, 4.69) is 66.4 Å². The van der Waals surface area contributed by atoms with Crippen LogP contribution in [0, 0.1) is 0 Å². The molecular formula is C31H54N2. The summed E-state index contributed by atoms with van der Waals surface area (Å²) in [6.45, 7) is 5.81. The summed E-state index contributed by atoms with van der Waals surface area (Å²) in [7, 11) is 0. The maximum atomic E-state index is 2.62. The van der Waals surface area contributed by atoms with Gasteiger partial charge in [-0.15, -0.1) is 0 Å². The van der Waals surface area contributed by atoms with Gasteiger partial charge >= 0.3 is 0 Å². The number of hydrogen-bond acceptors (Lipinski definition) is 2. The van der Waals surface area contributed by atoms with Gasteiger partial charge < -0.3 is 9.80 Å².